The molecule has 0 heterocycles. The highest BCUT2D eigenvalue weighted by molar-refractivity contribution is 7.99. The standard InChI is InChI=1S/C14H29NO2S/c1-2-3-4-5-6-7-8-9-10-11-12-18-13-14(16)15-17/h17H,2-13H2,1H3,(H,15,16). The van der Waals surface area contributed by atoms with Crippen LogP contribution in [0.5, 0.6) is 0 Å². The van der Waals surface area contributed by atoms with E-state index < -0.39 is 0 Å². The highest BCUT2D eigenvalue weighted by Gasteiger charge is 1.98. The zero-order valence-electron chi connectivity index (χ0n) is 11.7. The largest absolute Gasteiger partial charge is 0.289 e. The lowest BCUT2D eigenvalue weighted by atomic mass is 10.1. The molecular weight excluding hydrogens is 246 g/mol. The topological polar surface area (TPSA) is 49.3 Å². The molecule has 0 saturated carbocycles. The van der Waals surface area contributed by atoms with Gasteiger partial charge in [-0.1, -0.05) is 64.7 Å². The smallest absolute Gasteiger partial charge is 0.253 e. The third-order valence-corrected chi connectivity index (χ3v) is 4.04. The number of rotatable bonds is 13. The Kier molecular flexibility index (Phi) is 14.7. The van der Waals surface area contributed by atoms with Gasteiger partial charge in [-0.15, -0.1) is 0 Å². The quantitative estimate of drug-likeness (QED) is 0.302. The first-order valence-electron chi connectivity index (χ1n) is 7.32. The molecule has 0 aliphatic rings. The van der Waals surface area contributed by atoms with Gasteiger partial charge in [0.15, 0.2) is 0 Å². The molecule has 1 amide bonds. The van der Waals surface area contributed by atoms with Crippen LogP contribution in [0.3, 0.4) is 0 Å². The van der Waals surface area contributed by atoms with E-state index in [1.165, 1.54) is 64.2 Å². The number of hydrogen-bond donors (Lipinski definition) is 2. The maximum absolute atomic E-state index is 10.7. The molecule has 4 heteroatoms. The van der Waals surface area contributed by atoms with Crippen LogP contribution >= 0.6 is 11.8 Å². The first-order valence-corrected chi connectivity index (χ1v) is 8.47. The molecule has 0 bridgehead atoms. The van der Waals surface area contributed by atoms with Crippen molar-refractivity contribution in [2.75, 3.05) is 11.5 Å². The molecule has 0 aliphatic carbocycles. The van der Waals surface area contributed by atoms with Gasteiger partial charge in [0, 0.05) is 0 Å². The van der Waals surface area contributed by atoms with Gasteiger partial charge in [-0.2, -0.15) is 11.8 Å². The van der Waals surface area contributed by atoms with Gasteiger partial charge in [0.05, 0.1) is 5.75 Å². The number of hydrogen-bond acceptors (Lipinski definition) is 3. The third kappa shape index (κ3) is 13.8. The van der Waals surface area contributed by atoms with E-state index in [4.69, 9.17) is 5.21 Å². The number of hydroxylamine groups is 1. The average molecular weight is 275 g/mol. The van der Waals surface area contributed by atoms with E-state index in [0.29, 0.717) is 5.75 Å². The summed E-state index contributed by atoms with van der Waals surface area (Å²) in [6, 6.07) is 0. The SMILES string of the molecule is CCCCCCCCCCCCSCC(=O)NO. The van der Waals surface area contributed by atoms with E-state index in [-0.39, 0.29) is 5.91 Å². The highest BCUT2D eigenvalue weighted by atomic mass is 32.2. The normalized spacial score (nSPS) is 10.6. The van der Waals surface area contributed by atoms with Crippen molar-refractivity contribution < 1.29 is 10.0 Å². The molecule has 0 aromatic rings. The fourth-order valence-corrected chi connectivity index (χ4v) is 2.69. The predicted octanol–water partition coefficient (Wildman–Crippen LogP) is 4.15. The van der Waals surface area contributed by atoms with Gasteiger partial charge < -0.3 is 0 Å². The van der Waals surface area contributed by atoms with Crippen LogP contribution in [-0.2, 0) is 4.79 Å². The lowest BCUT2D eigenvalue weighted by Gasteiger charge is -2.02. The number of carbonyl (C=O) groups is 1. The molecule has 0 fully saturated rings. The highest BCUT2D eigenvalue weighted by Crippen LogP contribution is 2.12. The second-order valence-corrected chi connectivity index (χ2v) is 5.87. The van der Waals surface area contributed by atoms with E-state index >= 15 is 0 Å². The van der Waals surface area contributed by atoms with Crippen molar-refractivity contribution in [3.63, 3.8) is 0 Å². The molecule has 0 atom stereocenters. The van der Waals surface area contributed by atoms with Crippen LogP contribution in [0.2, 0.25) is 0 Å². The van der Waals surface area contributed by atoms with E-state index in [2.05, 4.69) is 6.92 Å². The van der Waals surface area contributed by atoms with E-state index in [1.807, 2.05) is 0 Å². The summed E-state index contributed by atoms with van der Waals surface area (Å²) in [7, 11) is 0. The summed E-state index contributed by atoms with van der Waals surface area (Å²) in [5.41, 5.74) is 1.64. The molecule has 0 spiro atoms. The molecule has 3 nitrogen and oxygen atoms in total. The Bertz CT molecular complexity index is 189. The van der Waals surface area contributed by atoms with Crippen molar-refractivity contribution in [1.82, 2.24) is 5.48 Å². The van der Waals surface area contributed by atoms with E-state index in [1.54, 1.807) is 17.2 Å². The Morgan fingerprint density at radius 2 is 1.44 bits per heavy atom. The summed E-state index contributed by atoms with van der Waals surface area (Å²) < 4.78 is 0. The number of unbranched alkanes of at least 4 members (excludes halogenated alkanes) is 9. The lowest BCUT2D eigenvalue weighted by molar-refractivity contribution is -0.126. The first kappa shape index (κ1) is 17.8. The maximum Gasteiger partial charge on any atom is 0.253 e. The second-order valence-electron chi connectivity index (χ2n) is 4.77. The van der Waals surface area contributed by atoms with Crippen molar-refractivity contribution in [2.45, 2.75) is 71.1 Å². The molecule has 0 aromatic carbocycles. The molecule has 0 aromatic heterocycles. The molecule has 0 aliphatic heterocycles. The summed E-state index contributed by atoms with van der Waals surface area (Å²) in [6.07, 6.45) is 13.4. The maximum atomic E-state index is 10.7. The van der Waals surface area contributed by atoms with Crippen LogP contribution in [0.25, 0.3) is 0 Å². The Hall–Kier alpha value is -0.220. The summed E-state index contributed by atoms with van der Waals surface area (Å²) in [4.78, 5) is 10.7. The van der Waals surface area contributed by atoms with Crippen molar-refractivity contribution in [3.05, 3.63) is 0 Å². The van der Waals surface area contributed by atoms with Crippen LogP contribution in [0.4, 0.5) is 0 Å². The van der Waals surface area contributed by atoms with Crippen molar-refractivity contribution in [1.29, 1.82) is 0 Å². The number of carbonyl (C=O) groups excluding carboxylic acids is 1. The molecule has 108 valence electrons. The van der Waals surface area contributed by atoms with Crippen LogP contribution in [0.15, 0.2) is 0 Å². The minimum absolute atomic E-state index is 0.299. The molecule has 0 rings (SSSR count). The Balaban J connectivity index is 2.97. The summed E-state index contributed by atoms with van der Waals surface area (Å²) in [5, 5.41) is 8.30. The molecule has 0 radical (unpaired) electrons. The molecule has 0 unspecified atom stereocenters. The van der Waals surface area contributed by atoms with Gasteiger partial charge in [-0.25, -0.2) is 5.48 Å². The van der Waals surface area contributed by atoms with Gasteiger partial charge in [-0.3, -0.25) is 10.0 Å². The Morgan fingerprint density at radius 3 is 1.94 bits per heavy atom. The summed E-state index contributed by atoms with van der Waals surface area (Å²) >= 11 is 1.59. The molecule has 18 heavy (non-hydrogen) atoms. The van der Waals surface area contributed by atoms with Gasteiger partial charge in [-0.05, 0) is 12.2 Å². The molecule has 0 saturated heterocycles. The van der Waals surface area contributed by atoms with E-state index in [0.717, 1.165) is 5.75 Å². The lowest BCUT2D eigenvalue weighted by Crippen LogP contribution is -2.20. The van der Waals surface area contributed by atoms with Crippen LogP contribution in [0.1, 0.15) is 71.1 Å². The van der Waals surface area contributed by atoms with Crippen LogP contribution in [0, 0.1) is 0 Å². The number of nitrogens with one attached hydrogen (secondary N) is 1. The summed E-state index contributed by atoms with van der Waals surface area (Å²) in [5.74, 6) is 1.09. The first-order chi connectivity index (χ1) is 8.81. The van der Waals surface area contributed by atoms with Gasteiger partial charge in [0.2, 0.25) is 0 Å². The zero-order valence-corrected chi connectivity index (χ0v) is 12.6. The third-order valence-electron chi connectivity index (χ3n) is 3.00. The van der Waals surface area contributed by atoms with Gasteiger partial charge in [0.1, 0.15) is 0 Å². The van der Waals surface area contributed by atoms with Crippen molar-refractivity contribution in [3.8, 4) is 0 Å². The van der Waals surface area contributed by atoms with E-state index in [9.17, 15) is 4.79 Å². The molecule has 2 N–H and O–H groups in total. The van der Waals surface area contributed by atoms with Crippen LogP contribution < -0.4 is 5.48 Å². The predicted molar refractivity (Wildman–Crippen MR) is 79.1 cm³/mol. The van der Waals surface area contributed by atoms with Crippen LogP contribution in [-0.4, -0.2) is 22.6 Å². The second kappa shape index (κ2) is 14.8. The number of thioether (sulfide) groups is 1. The Labute approximate surface area is 116 Å². The minimum atomic E-state index is -0.299. The monoisotopic (exact) mass is 275 g/mol. The summed E-state index contributed by atoms with van der Waals surface area (Å²) in [6.45, 7) is 2.25. The Morgan fingerprint density at radius 1 is 0.944 bits per heavy atom. The van der Waals surface area contributed by atoms with Crippen molar-refractivity contribution >= 4 is 17.7 Å². The molecular formula is C14H29NO2S. The fraction of sp³-hybridized carbons (Fsp3) is 0.929. The van der Waals surface area contributed by atoms with Gasteiger partial charge in [0.25, 0.3) is 5.91 Å². The zero-order chi connectivity index (χ0) is 13.5. The minimum Gasteiger partial charge on any atom is -0.289 e. The fourth-order valence-electron chi connectivity index (χ4n) is 1.89. The number of amides is 1. The van der Waals surface area contributed by atoms with Gasteiger partial charge >= 0.3 is 0 Å². The average Bonchev–Trinajstić information content (AvgIpc) is 2.39. The van der Waals surface area contributed by atoms with Crippen molar-refractivity contribution in [2.24, 2.45) is 0 Å².